The summed E-state index contributed by atoms with van der Waals surface area (Å²) < 4.78 is 1.55. The van der Waals surface area contributed by atoms with Crippen molar-refractivity contribution in [1.29, 1.82) is 5.26 Å². The van der Waals surface area contributed by atoms with E-state index >= 15 is 0 Å². The SMILES string of the molecule is CCc1nc(CC#N)c2nncn2n1. The minimum atomic E-state index is 0.234. The molecule has 0 fully saturated rings. The molecule has 0 spiro atoms. The van der Waals surface area contributed by atoms with Gasteiger partial charge >= 0.3 is 0 Å². The van der Waals surface area contributed by atoms with Crippen molar-refractivity contribution in [3.8, 4) is 6.07 Å². The highest BCUT2D eigenvalue weighted by Crippen LogP contribution is 2.04. The van der Waals surface area contributed by atoms with Gasteiger partial charge in [0.05, 0.1) is 12.5 Å². The van der Waals surface area contributed by atoms with Crippen LogP contribution < -0.4 is 0 Å². The standard InChI is InChI=1S/C8H8N6/c1-2-7-11-6(3-4-9)8-12-10-5-14(8)13-7/h5H,2-3H2,1H3. The Morgan fingerprint density at radius 3 is 3.14 bits per heavy atom. The van der Waals surface area contributed by atoms with Gasteiger partial charge in [-0.1, -0.05) is 6.92 Å². The second-order valence-electron chi connectivity index (χ2n) is 2.76. The van der Waals surface area contributed by atoms with E-state index in [0.717, 1.165) is 6.42 Å². The molecule has 0 aliphatic heterocycles. The lowest BCUT2D eigenvalue weighted by Crippen LogP contribution is -2.05. The summed E-state index contributed by atoms with van der Waals surface area (Å²) in [6, 6.07) is 2.05. The summed E-state index contributed by atoms with van der Waals surface area (Å²) in [5, 5.41) is 20.4. The summed E-state index contributed by atoms with van der Waals surface area (Å²) >= 11 is 0. The Labute approximate surface area is 80.2 Å². The van der Waals surface area contributed by atoms with E-state index in [-0.39, 0.29) is 6.42 Å². The lowest BCUT2D eigenvalue weighted by molar-refractivity contribution is 0.787. The minimum absolute atomic E-state index is 0.234. The van der Waals surface area contributed by atoms with Gasteiger partial charge in [-0.25, -0.2) is 4.98 Å². The van der Waals surface area contributed by atoms with Gasteiger partial charge in [0.1, 0.15) is 17.8 Å². The zero-order valence-electron chi connectivity index (χ0n) is 7.67. The monoisotopic (exact) mass is 188 g/mol. The van der Waals surface area contributed by atoms with Crippen LogP contribution in [0.4, 0.5) is 0 Å². The zero-order valence-corrected chi connectivity index (χ0v) is 7.67. The van der Waals surface area contributed by atoms with Crippen molar-refractivity contribution in [3.05, 3.63) is 17.8 Å². The maximum Gasteiger partial charge on any atom is 0.200 e. The number of hydrogen-bond donors (Lipinski definition) is 0. The van der Waals surface area contributed by atoms with Gasteiger partial charge in [0, 0.05) is 6.42 Å². The number of aromatic nitrogens is 5. The molecular weight excluding hydrogens is 180 g/mol. The van der Waals surface area contributed by atoms with E-state index in [1.807, 2.05) is 13.0 Å². The van der Waals surface area contributed by atoms with Crippen molar-refractivity contribution in [2.75, 3.05) is 0 Å². The van der Waals surface area contributed by atoms with Gasteiger partial charge < -0.3 is 0 Å². The van der Waals surface area contributed by atoms with Gasteiger partial charge in [-0.2, -0.15) is 9.78 Å². The molecule has 2 aromatic heterocycles. The fourth-order valence-electron chi connectivity index (χ4n) is 1.19. The van der Waals surface area contributed by atoms with Crippen molar-refractivity contribution >= 4 is 5.65 Å². The van der Waals surface area contributed by atoms with Crippen molar-refractivity contribution in [3.63, 3.8) is 0 Å². The number of nitrogens with zero attached hydrogens (tertiary/aromatic N) is 6. The van der Waals surface area contributed by atoms with Gasteiger partial charge in [-0.05, 0) is 0 Å². The van der Waals surface area contributed by atoms with Gasteiger partial charge in [0.25, 0.3) is 0 Å². The van der Waals surface area contributed by atoms with E-state index in [9.17, 15) is 0 Å². The van der Waals surface area contributed by atoms with Crippen molar-refractivity contribution < 1.29 is 0 Å². The maximum absolute atomic E-state index is 8.61. The number of rotatable bonds is 2. The van der Waals surface area contributed by atoms with Gasteiger partial charge in [0.2, 0.25) is 0 Å². The van der Waals surface area contributed by atoms with Crippen LogP contribution in [0, 0.1) is 11.3 Å². The molecule has 70 valence electrons. The second-order valence-corrected chi connectivity index (χ2v) is 2.76. The Morgan fingerprint density at radius 2 is 2.43 bits per heavy atom. The maximum atomic E-state index is 8.61. The average Bonchev–Trinajstić information content (AvgIpc) is 2.66. The lowest BCUT2D eigenvalue weighted by atomic mass is 10.3. The molecule has 0 aliphatic carbocycles. The molecule has 0 aliphatic rings. The molecule has 0 saturated carbocycles. The van der Waals surface area contributed by atoms with Gasteiger partial charge in [-0.15, -0.1) is 15.3 Å². The third kappa shape index (κ3) is 1.29. The molecule has 0 N–H and O–H groups in total. The number of fused-ring (bicyclic) bond motifs is 1. The quantitative estimate of drug-likeness (QED) is 0.670. The number of aryl methyl sites for hydroxylation is 1. The van der Waals surface area contributed by atoms with Gasteiger partial charge in [-0.3, -0.25) is 0 Å². The van der Waals surface area contributed by atoms with Crippen LogP contribution in [-0.2, 0) is 12.8 Å². The molecule has 0 aromatic carbocycles. The van der Waals surface area contributed by atoms with Crippen LogP contribution in [-0.4, -0.2) is 24.8 Å². The molecule has 6 nitrogen and oxygen atoms in total. The highest BCUT2D eigenvalue weighted by atomic mass is 15.4. The molecule has 0 saturated heterocycles. The number of nitriles is 1. The van der Waals surface area contributed by atoms with Crippen molar-refractivity contribution in [2.45, 2.75) is 19.8 Å². The van der Waals surface area contributed by atoms with Crippen LogP contribution in [0.25, 0.3) is 5.65 Å². The highest BCUT2D eigenvalue weighted by molar-refractivity contribution is 5.42. The summed E-state index contributed by atoms with van der Waals surface area (Å²) in [6.07, 6.45) is 2.47. The smallest absolute Gasteiger partial charge is 0.200 e. The Bertz CT molecular complexity index is 494. The molecule has 0 amide bonds. The van der Waals surface area contributed by atoms with E-state index in [4.69, 9.17) is 5.26 Å². The number of hydrogen-bond acceptors (Lipinski definition) is 5. The summed E-state index contributed by atoms with van der Waals surface area (Å²) in [6.45, 7) is 1.96. The predicted molar refractivity (Wildman–Crippen MR) is 47.3 cm³/mol. The molecule has 2 aromatic rings. The van der Waals surface area contributed by atoms with Crippen LogP contribution in [0.3, 0.4) is 0 Å². The first-order valence-corrected chi connectivity index (χ1v) is 4.28. The van der Waals surface area contributed by atoms with Crippen LogP contribution in [0.2, 0.25) is 0 Å². The van der Waals surface area contributed by atoms with Crippen molar-refractivity contribution in [2.24, 2.45) is 0 Å². The molecule has 14 heavy (non-hydrogen) atoms. The third-order valence-electron chi connectivity index (χ3n) is 1.84. The molecule has 6 heteroatoms. The topological polar surface area (TPSA) is 79.8 Å². The Kier molecular flexibility index (Phi) is 2.07. The van der Waals surface area contributed by atoms with Crippen molar-refractivity contribution in [1.82, 2.24) is 24.8 Å². The normalized spacial score (nSPS) is 10.3. The predicted octanol–water partition coefficient (Wildman–Crippen LogP) is 0.148. The Hall–Kier alpha value is -2.03. The van der Waals surface area contributed by atoms with E-state index in [2.05, 4.69) is 20.3 Å². The molecule has 2 rings (SSSR count). The van der Waals surface area contributed by atoms with Crippen LogP contribution in [0.5, 0.6) is 0 Å². The van der Waals surface area contributed by atoms with E-state index in [0.29, 0.717) is 17.2 Å². The fourth-order valence-corrected chi connectivity index (χ4v) is 1.19. The average molecular weight is 188 g/mol. The first-order valence-electron chi connectivity index (χ1n) is 4.28. The van der Waals surface area contributed by atoms with E-state index in [1.165, 1.54) is 6.33 Å². The van der Waals surface area contributed by atoms with Crippen LogP contribution >= 0.6 is 0 Å². The third-order valence-corrected chi connectivity index (χ3v) is 1.84. The summed E-state index contributed by atoms with van der Waals surface area (Å²) in [5.41, 5.74) is 1.20. The second kappa shape index (κ2) is 3.38. The zero-order chi connectivity index (χ0) is 9.97. The summed E-state index contributed by atoms with van der Waals surface area (Å²) in [5.74, 6) is 0.697. The molecular formula is C8H8N6. The molecule has 0 radical (unpaired) electrons. The summed E-state index contributed by atoms with van der Waals surface area (Å²) in [4.78, 5) is 4.22. The fraction of sp³-hybridized carbons (Fsp3) is 0.375. The molecule has 0 unspecified atom stereocenters. The van der Waals surface area contributed by atoms with E-state index < -0.39 is 0 Å². The van der Waals surface area contributed by atoms with Crippen LogP contribution in [0.15, 0.2) is 6.33 Å². The summed E-state index contributed by atoms with van der Waals surface area (Å²) in [7, 11) is 0. The van der Waals surface area contributed by atoms with E-state index in [1.54, 1.807) is 4.52 Å². The Morgan fingerprint density at radius 1 is 1.57 bits per heavy atom. The highest BCUT2D eigenvalue weighted by Gasteiger charge is 2.07. The molecule has 0 atom stereocenters. The largest absolute Gasteiger partial charge is 0.231 e. The minimum Gasteiger partial charge on any atom is -0.231 e. The first kappa shape index (κ1) is 8.56. The molecule has 0 bridgehead atoms. The lowest BCUT2D eigenvalue weighted by Gasteiger charge is -1.99. The van der Waals surface area contributed by atoms with Crippen LogP contribution in [0.1, 0.15) is 18.4 Å². The molecule has 2 heterocycles. The Balaban J connectivity index is 2.65. The van der Waals surface area contributed by atoms with Gasteiger partial charge in [0.15, 0.2) is 5.65 Å². The first-order chi connectivity index (χ1) is 6.85.